The highest BCUT2D eigenvalue weighted by Gasteiger charge is 2.19. The van der Waals surface area contributed by atoms with Gasteiger partial charge in [-0.1, -0.05) is 56.2 Å². The summed E-state index contributed by atoms with van der Waals surface area (Å²) < 4.78 is 0.713. The van der Waals surface area contributed by atoms with Gasteiger partial charge in [-0.15, -0.1) is 0 Å². The van der Waals surface area contributed by atoms with Gasteiger partial charge < -0.3 is 0 Å². The van der Waals surface area contributed by atoms with Gasteiger partial charge in [0.05, 0.1) is 0 Å². The first kappa shape index (κ1) is 8.34. The Hall–Kier alpha value is 1.24. The number of alkyl halides is 2. The van der Waals surface area contributed by atoms with Crippen molar-refractivity contribution < 1.29 is 0 Å². The van der Waals surface area contributed by atoms with Crippen LogP contribution in [0, 0.1) is 0 Å². The van der Waals surface area contributed by atoms with Gasteiger partial charge in [0.2, 0.25) is 0 Å². The Balaban J connectivity index is 2.54. The van der Waals surface area contributed by atoms with Crippen molar-refractivity contribution in [2.45, 2.75) is 21.6 Å². The number of rotatable bonds is 0. The van der Waals surface area contributed by atoms with Gasteiger partial charge in [0.15, 0.2) is 0 Å². The average Bonchev–Trinajstić information content (AvgIpc) is 1.80. The summed E-state index contributed by atoms with van der Waals surface area (Å²) in [6.07, 6.45) is 4.21. The lowest BCUT2D eigenvalue weighted by Crippen LogP contribution is -2.16. The summed E-state index contributed by atoms with van der Waals surface area (Å²) in [5, 5.41) is 1.00. The van der Waals surface area contributed by atoms with Crippen LogP contribution in [0.3, 0.4) is 0 Å². The summed E-state index contributed by atoms with van der Waals surface area (Å²) >= 11 is 11.8. The van der Waals surface area contributed by atoms with Gasteiger partial charge >= 0.3 is 0 Å². The van der Waals surface area contributed by atoms with Crippen LogP contribution >= 0.6 is 50.1 Å². The fraction of sp³-hybridized carbons (Fsp3) is 0.667. The molecule has 0 aliphatic heterocycles. The Kier molecular flexibility index (Phi) is 3.32. The lowest BCUT2D eigenvalue weighted by Gasteiger charge is -2.19. The molecule has 2 atom stereocenters. The van der Waals surface area contributed by atoms with E-state index < -0.39 is 0 Å². The normalized spacial score (nSPS) is 36.1. The molecule has 0 aromatic carbocycles. The van der Waals surface area contributed by atoms with Crippen molar-refractivity contribution in [1.29, 1.82) is 0 Å². The van der Waals surface area contributed by atoms with E-state index in [1.807, 2.05) is 0 Å². The number of halogens is 3. The van der Waals surface area contributed by atoms with Crippen molar-refractivity contribution >= 4 is 50.1 Å². The zero-order chi connectivity index (χ0) is 6.85. The average molecular weight is 321 g/mol. The molecule has 1 aliphatic rings. The SMILES string of the molecule is ClC1=CCC(I)C(Br)C1. The van der Waals surface area contributed by atoms with E-state index in [9.17, 15) is 0 Å². The third-order valence-corrected chi connectivity index (χ3v) is 4.98. The van der Waals surface area contributed by atoms with Crippen LogP contribution in [0.4, 0.5) is 0 Å². The third-order valence-electron chi connectivity index (χ3n) is 1.35. The van der Waals surface area contributed by atoms with Crippen molar-refractivity contribution in [2.24, 2.45) is 0 Å². The smallest absolute Gasteiger partial charge is 0.0315 e. The largest absolute Gasteiger partial charge is 0.0895 e. The minimum atomic E-state index is 0.579. The van der Waals surface area contributed by atoms with Gasteiger partial charge in [-0.3, -0.25) is 0 Å². The second kappa shape index (κ2) is 3.58. The summed E-state index contributed by atoms with van der Waals surface area (Å²) in [5.41, 5.74) is 0. The van der Waals surface area contributed by atoms with Crippen LogP contribution in [0.15, 0.2) is 11.1 Å². The molecule has 0 fully saturated rings. The van der Waals surface area contributed by atoms with Crippen LogP contribution in [-0.4, -0.2) is 8.75 Å². The van der Waals surface area contributed by atoms with Crippen molar-refractivity contribution in [3.8, 4) is 0 Å². The highest BCUT2D eigenvalue weighted by Crippen LogP contribution is 2.31. The van der Waals surface area contributed by atoms with E-state index in [2.05, 4.69) is 44.6 Å². The Morgan fingerprint density at radius 2 is 2.44 bits per heavy atom. The standard InChI is InChI=1S/C6H7BrClI/c7-5-3-4(8)1-2-6(5)9/h1,5-6H,2-3H2. The van der Waals surface area contributed by atoms with Gasteiger partial charge in [-0.05, 0) is 12.8 Å². The maximum atomic E-state index is 5.80. The Morgan fingerprint density at radius 1 is 1.78 bits per heavy atom. The van der Waals surface area contributed by atoms with Crippen molar-refractivity contribution in [1.82, 2.24) is 0 Å². The van der Waals surface area contributed by atoms with Crippen molar-refractivity contribution in [3.05, 3.63) is 11.1 Å². The van der Waals surface area contributed by atoms with E-state index in [1.54, 1.807) is 0 Å². The van der Waals surface area contributed by atoms with E-state index in [4.69, 9.17) is 11.6 Å². The lowest BCUT2D eigenvalue weighted by molar-refractivity contribution is 0.792. The Bertz CT molecular complexity index is 135. The summed E-state index contributed by atoms with van der Waals surface area (Å²) in [4.78, 5) is 0.579. The van der Waals surface area contributed by atoms with Gasteiger partial charge in [0.25, 0.3) is 0 Å². The second-order valence-electron chi connectivity index (χ2n) is 2.12. The van der Waals surface area contributed by atoms with E-state index in [0.717, 1.165) is 17.9 Å². The molecule has 2 unspecified atom stereocenters. The second-order valence-corrected chi connectivity index (χ2v) is 5.38. The fourth-order valence-electron chi connectivity index (χ4n) is 0.786. The van der Waals surface area contributed by atoms with Gasteiger partial charge in [0.1, 0.15) is 0 Å². The van der Waals surface area contributed by atoms with E-state index in [0.29, 0.717) is 8.75 Å². The van der Waals surface area contributed by atoms with Gasteiger partial charge in [-0.25, -0.2) is 0 Å². The molecule has 0 bridgehead atoms. The molecule has 1 rings (SSSR count). The Morgan fingerprint density at radius 3 is 2.89 bits per heavy atom. The van der Waals surface area contributed by atoms with Crippen LogP contribution < -0.4 is 0 Å². The molecule has 9 heavy (non-hydrogen) atoms. The maximum Gasteiger partial charge on any atom is 0.0315 e. The van der Waals surface area contributed by atoms with Crippen LogP contribution in [0.5, 0.6) is 0 Å². The number of hydrogen-bond donors (Lipinski definition) is 0. The molecule has 1 aliphatic carbocycles. The van der Waals surface area contributed by atoms with Crippen LogP contribution in [-0.2, 0) is 0 Å². The minimum Gasteiger partial charge on any atom is -0.0895 e. The predicted octanol–water partition coefficient (Wildman–Crippen LogP) is 3.47. The summed E-state index contributed by atoms with van der Waals surface area (Å²) in [6, 6.07) is 0. The maximum absolute atomic E-state index is 5.80. The van der Waals surface area contributed by atoms with Gasteiger partial charge in [-0.2, -0.15) is 0 Å². The topological polar surface area (TPSA) is 0 Å². The molecule has 0 nitrogen and oxygen atoms in total. The molecule has 0 heterocycles. The molecule has 0 amide bonds. The number of hydrogen-bond acceptors (Lipinski definition) is 0. The van der Waals surface area contributed by atoms with Crippen LogP contribution in [0.2, 0.25) is 0 Å². The minimum absolute atomic E-state index is 0.579. The Labute approximate surface area is 82.3 Å². The van der Waals surface area contributed by atoms with E-state index in [1.165, 1.54) is 0 Å². The molecule has 3 heteroatoms. The fourth-order valence-corrected chi connectivity index (χ4v) is 2.30. The first-order chi connectivity index (χ1) is 4.20. The summed E-state index contributed by atoms with van der Waals surface area (Å²) in [6.45, 7) is 0. The third kappa shape index (κ3) is 2.39. The molecular weight excluding hydrogens is 314 g/mol. The summed E-state index contributed by atoms with van der Waals surface area (Å²) in [7, 11) is 0. The molecule has 0 saturated carbocycles. The molecule has 52 valence electrons. The molecule has 0 saturated heterocycles. The quantitative estimate of drug-likeness (QED) is 0.473. The zero-order valence-electron chi connectivity index (χ0n) is 4.78. The molecule has 0 aromatic heterocycles. The summed E-state index contributed by atoms with van der Waals surface area (Å²) in [5.74, 6) is 0. The molecular formula is C6H7BrClI. The highest BCUT2D eigenvalue weighted by molar-refractivity contribution is 14.1. The first-order valence-electron chi connectivity index (χ1n) is 2.83. The predicted molar refractivity (Wildman–Crippen MR) is 53.7 cm³/mol. The monoisotopic (exact) mass is 320 g/mol. The molecule has 0 radical (unpaired) electrons. The lowest BCUT2D eigenvalue weighted by atomic mass is 10.1. The van der Waals surface area contributed by atoms with Crippen LogP contribution in [0.25, 0.3) is 0 Å². The highest BCUT2D eigenvalue weighted by atomic mass is 127. The number of allylic oxidation sites excluding steroid dienone is 2. The van der Waals surface area contributed by atoms with Crippen molar-refractivity contribution in [2.75, 3.05) is 0 Å². The molecule has 0 aromatic rings. The molecule has 0 spiro atoms. The van der Waals surface area contributed by atoms with Crippen molar-refractivity contribution in [3.63, 3.8) is 0 Å². The van der Waals surface area contributed by atoms with Gasteiger partial charge in [0, 0.05) is 13.8 Å². The van der Waals surface area contributed by atoms with E-state index >= 15 is 0 Å². The van der Waals surface area contributed by atoms with E-state index in [-0.39, 0.29) is 0 Å². The zero-order valence-corrected chi connectivity index (χ0v) is 9.28. The molecule has 0 N–H and O–H groups in total. The van der Waals surface area contributed by atoms with Crippen LogP contribution in [0.1, 0.15) is 12.8 Å². The first-order valence-corrected chi connectivity index (χ1v) is 5.36.